The second-order valence-corrected chi connectivity index (χ2v) is 5.81. The van der Waals surface area contributed by atoms with E-state index in [1.54, 1.807) is 11.9 Å². The fourth-order valence-electron chi connectivity index (χ4n) is 3.04. The molecule has 0 aromatic carbocycles. The van der Waals surface area contributed by atoms with Crippen LogP contribution in [0.4, 0.5) is 0 Å². The van der Waals surface area contributed by atoms with Crippen molar-refractivity contribution in [3.05, 3.63) is 0 Å². The maximum Gasteiger partial charge on any atom is 0.239 e. The van der Waals surface area contributed by atoms with E-state index in [9.17, 15) is 9.59 Å². The monoisotopic (exact) mass is 253 g/mol. The van der Waals surface area contributed by atoms with Gasteiger partial charge in [0, 0.05) is 25.2 Å². The number of rotatable bonds is 4. The number of fused-ring (bicyclic) bond motifs is 2. The van der Waals surface area contributed by atoms with Crippen LogP contribution in [0.2, 0.25) is 0 Å². The van der Waals surface area contributed by atoms with Crippen molar-refractivity contribution in [1.29, 1.82) is 0 Å². The zero-order valence-corrected chi connectivity index (χ0v) is 11.4. The second-order valence-electron chi connectivity index (χ2n) is 5.81. The Morgan fingerprint density at radius 2 is 2.11 bits per heavy atom. The minimum absolute atomic E-state index is 0.0700. The molecule has 0 aromatic heterocycles. The molecule has 18 heavy (non-hydrogen) atoms. The van der Waals surface area contributed by atoms with Crippen molar-refractivity contribution in [2.45, 2.75) is 51.2 Å². The van der Waals surface area contributed by atoms with E-state index in [1.807, 2.05) is 13.8 Å². The van der Waals surface area contributed by atoms with Gasteiger partial charge >= 0.3 is 0 Å². The molecule has 102 valence electrons. The number of nitrogens with one attached hydrogen (secondary N) is 2. The number of carbonyl (C=O) groups excluding carboxylic acids is 2. The van der Waals surface area contributed by atoms with E-state index in [0.717, 1.165) is 12.8 Å². The summed E-state index contributed by atoms with van der Waals surface area (Å²) in [5.74, 6) is 0.0890. The molecule has 0 saturated carbocycles. The average Bonchev–Trinajstić information content (AvgIpc) is 2.88. The van der Waals surface area contributed by atoms with Gasteiger partial charge < -0.3 is 15.5 Å². The third-order valence-corrected chi connectivity index (χ3v) is 3.82. The molecule has 2 heterocycles. The molecular weight excluding hydrogens is 230 g/mol. The van der Waals surface area contributed by atoms with E-state index in [0.29, 0.717) is 12.1 Å². The van der Waals surface area contributed by atoms with Crippen LogP contribution in [0, 0.1) is 5.92 Å². The highest BCUT2D eigenvalue weighted by molar-refractivity contribution is 5.86. The summed E-state index contributed by atoms with van der Waals surface area (Å²) in [6.45, 7) is 3.99. The lowest BCUT2D eigenvalue weighted by Gasteiger charge is -2.25. The van der Waals surface area contributed by atoms with Gasteiger partial charge in [-0.2, -0.15) is 0 Å². The predicted molar refractivity (Wildman–Crippen MR) is 69.0 cm³/mol. The summed E-state index contributed by atoms with van der Waals surface area (Å²) < 4.78 is 0. The molecule has 3 atom stereocenters. The van der Waals surface area contributed by atoms with Gasteiger partial charge in [-0.25, -0.2) is 0 Å². The molecule has 5 nitrogen and oxygen atoms in total. The molecule has 2 rings (SSSR count). The summed E-state index contributed by atoms with van der Waals surface area (Å²) >= 11 is 0. The van der Waals surface area contributed by atoms with Crippen LogP contribution in [0.15, 0.2) is 0 Å². The van der Waals surface area contributed by atoms with Crippen molar-refractivity contribution in [1.82, 2.24) is 15.5 Å². The molecule has 2 saturated heterocycles. The van der Waals surface area contributed by atoms with Gasteiger partial charge in [-0.15, -0.1) is 0 Å². The predicted octanol–water partition coefficient (Wildman–Crippen LogP) is 0.110. The zero-order valence-electron chi connectivity index (χ0n) is 11.4. The largest absolute Gasteiger partial charge is 0.352 e. The lowest BCUT2D eigenvalue weighted by atomic mass is 9.88. The molecule has 0 radical (unpaired) electrons. The Kier molecular flexibility index (Phi) is 3.90. The third-order valence-electron chi connectivity index (χ3n) is 3.82. The lowest BCUT2D eigenvalue weighted by Crippen LogP contribution is -2.45. The lowest BCUT2D eigenvalue weighted by molar-refractivity contribution is -0.138. The minimum Gasteiger partial charge on any atom is -0.352 e. The van der Waals surface area contributed by atoms with Crippen molar-refractivity contribution in [2.24, 2.45) is 5.92 Å². The smallest absolute Gasteiger partial charge is 0.239 e. The fourth-order valence-corrected chi connectivity index (χ4v) is 3.04. The Balaban J connectivity index is 1.83. The highest BCUT2D eigenvalue weighted by atomic mass is 16.2. The van der Waals surface area contributed by atoms with Crippen molar-refractivity contribution >= 4 is 11.8 Å². The van der Waals surface area contributed by atoms with Crippen molar-refractivity contribution < 1.29 is 9.59 Å². The number of likely N-dealkylation sites (N-methyl/N-ethyl adjacent to an activating group) is 1. The molecule has 0 aliphatic carbocycles. The Labute approximate surface area is 108 Å². The van der Waals surface area contributed by atoms with Gasteiger partial charge in [-0.05, 0) is 33.1 Å². The van der Waals surface area contributed by atoms with Crippen molar-refractivity contribution in [3.8, 4) is 0 Å². The van der Waals surface area contributed by atoms with Crippen molar-refractivity contribution in [2.75, 3.05) is 13.6 Å². The molecule has 2 amide bonds. The summed E-state index contributed by atoms with van der Waals surface area (Å²) in [5.41, 5.74) is 0. The van der Waals surface area contributed by atoms with E-state index < -0.39 is 0 Å². The first-order chi connectivity index (χ1) is 8.47. The van der Waals surface area contributed by atoms with Crippen LogP contribution in [0.5, 0.6) is 0 Å². The molecule has 2 N–H and O–H groups in total. The minimum atomic E-state index is -0.0861. The van der Waals surface area contributed by atoms with Crippen LogP contribution < -0.4 is 10.6 Å². The van der Waals surface area contributed by atoms with Crippen LogP contribution in [0.3, 0.4) is 0 Å². The van der Waals surface area contributed by atoms with Gasteiger partial charge in [0.1, 0.15) is 0 Å². The van der Waals surface area contributed by atoms with Gasteiger partial charge in [0.2, 0.25) is 11.8 Å². The molecule has 2 bridgehead atoms. The van der Waals surface area contributed by atoms with Gasteiger partial charge in [0.25, 0.3) is 0 Å². The number of nitrogens with zero attached hydrogens (tertiary/aromatic N) is 1. The molecule has 2 aliphatic rings. The zero-order chi connectivity index (χ0) is 13.3. The van der Waals surface area contributed by atoms with Gasteiger partial charge in [-0.1, -0.05) is 0 Å². The van der Waals surface area contributed by atoms with Crippen LogP contribution in [-0.2, 0) is 9.59 Å². The van der Waals surface area contributed by atoms with E-state index in [4.69, 9.17) is 0 Å². The summed E-state index contributed by atoms with van der Waals surface area (Å²) in [7, 11) is 1.72. The summed E-state index contributed by atoms with van der Waals surface area (Å²) in [6, 6.07) is 0.963. The van der Waals surface area contributed by atoms with Gasteiger partial charge in [0.15, 0.2) is 0 Å². The molecule has 3 unspecified atom stereocenters. The normalized spacial score (nSPS) is 29.7. The third kappa shape index (κ3) is 2.83. The number of hydrogen-bond donors (Lipinski definition) is 2. The van der Waals surface area contributed by atoms with Crippen LogP contribution in [0.25, 0.3) is 0 Å². The summed E-state index contributed by atoms with van der Waals surface area (Å²) in [6.07, 6.45) is 3.21. The number of carbonyl (C=O) groups is 2. The molecule has 0 spiro atoms. The molecular formula is C13H23N3O2. The Morgan fingerprint density at radius 3 is 2.61 bits per heavy atom. The Hall–Kier alpha value is -1.10. The molecule has 2 aliphatic heterocycles. The molecule has 0 aromatic rings. The first kappa shape index (κ1) is 13.3. The summed E-state index contributed by atoms with van der Waals surface area (Å²) in [4.78, 5) is 25.4. The maximum absolute atomic E-state index is 12.3. The van der Waals surface area contributed by atoms with Gasteiger partial charge in [-0.3, -0.25) is 9.59 Å². The first-order valence-electron chi connectivity index (χ1n) is 6.77. The highest BCUT2D eigenvalue weighted by Crippen LogP contribution is 2.34. The maximum atomic E-state index is 12.3. The summed E-state index contributed by atoms with van der Waals surface area (Å²) in [5, 5.41) is 6.26. The number of hydrogen-bond acceptors (Lipinski definition) is 3. The highest BCUT2D eigenvalue weighted by Gasteiger charge is 2.43. The van der Waals surface area contributed by atoms with E-state index in [-0.39, 0.29) is 30.3 Å². The van der Waals surface area contributed by atoms with E-state index in [2.05, 4.69) is 10.6 Å². The number of amides is 2. The second kappa shape index (κ2) is 5.26. The SMILES string of the molecule is CC(C)NC(=O)CN(C)C(=O)C1CC2CCC1N2. The Morgan fingerprint density at radius 1 is 1.39 bits per heavy atom. The topological polar surface area (TPSA) is 61.4 Å². The Bertz CT molecular complexity index is 343. The first-order valence-corrected chi connectivity index (χ1v) is 6.77. The van der Waals surface area contributed by atoms with Crippen LogP contribution in [0.1, 0.15) is 33.1 Å². The average molecular weight is 253 g/mol. The van der Waals surface area contributed by atoms with Crippen LogP contribution >= 0.6 is 0 Å². The van der Waals surface area contributed by atoms with Crippen molar-refractivity contribution in [3.63, 3.8) is 0 Å². The standard InChI is InChI=1S/C13H23N3O2/c1-8(2)14-12(17)7-16(3)13(18)10-6-9-4-5-11(10)15-9/h8-11,15H,4-7H2,1-3H3,(H,14,17). The van der Waals surface area contributed by atoms with E-state index >= 15 is 0 Å². The van der Waals surface area contributed by atoms with E-state index in [1.165, 1.54) is 6.42 Å². The molecule has 2 fully saturated rings. The molecule has 5 heteroatoms. The van der Waals surface area contributed by atoms with Gasteiger partial charge in [0.05, 0.1) is 12.5 Å². The quantitative estimate of drug-likeness (QED) is 0.747. The fraction of sp³-hybridized carbons (Fsp3) is 0.846. The van der Waals surface area contributed by atoms with Crippen LogP contribution in [-0.4, -0.2) is 48.4 Å².